The predicted octanol–water partition coefficient (Wildman–Crippen LogP) is 6.47. The van der Waals surface area contributed by atoms with E-state index in [-0.39, 0.29) is 10.2 Å². The quantitative estimate of drug-likeness (QED) is 0.323. The van der Waals surface area contributed by atoms with Crippen LogP contribution in [-0.2, 0) is 12.6 Å². The fraction of sp³-hybridized carbons (Fsp3) is 0.120. The first kappa shape index (κ1) is 23.6. The lowest BCUT2D eigenvalue weighted by Gasteiger charge is -2.12. The summed E-state index contributed by atoms with van der Waals surface area (Å²) in [7, 11) is 0. The lowest BCUT2D eigenvalue weighted by Crippen LogP contribution is -2.14. The van der Waals surface area contributed by atoms with Gasteiger partial charge in [-0.3, -0.25) is 9.78 Å². The molecule has 0 fully saturated rings. The van der Waals surface area contributed by atoms with Crippen molar-refractivity contribution in [3.05, 3.63) is 106 Å². The monoisotopic (exact) mass is 526 g/mol. The second-order valence-electron chi connectivity index (χ2n) is 7.60. The van der Waals surface area contributed by atoms with Crippen LogP contribution in [0.5, 0.6) is 0 Å². The molecular formula is C25H18BrF3N4O. The molecule has 34 heavy (non-hydrogen) atoms. The summed E-state index contributed by atoms with van der Waals surface area (Å²) in [5, 5.41) is 2.55. The minimum absolute atomic E-state index is 0.0429. The van der Waals surface area contributed by atoms with Crippen LogP contribution in [0, 0.1) is 6.92 Å². The molecule has 4 rings (SSSR count). The maximum absolute atomic E-state index is 13.1. The van der Waals surface area contributed by atoms with E-state index in [2.05, 4.69) is 36.2 Å². The third kappa shape index (κ3) is 5.66. The van der Waals surface area contributed by atoms with E-state index < -0.39 is 17.6 Å². The van der Waals surface area contributed by atoms with E-state index in [0.717, 1.165) is 34.5 Å². The van der Waals surface area contributed by atoms with Crippen molar-refractivity contribution in [3.63, 3.8) is 0 Å². The Labute approximate surface area is 202 Å². The van der Waals surface area contributed by atoms with Gasteiger partial charge in [0.25, 0.3) is 5.91 Å². The third-order valence-corrected chi connectivity index (χ3v) is 5.56. The van der Waals surface area contributed by atoms with Crippen LogP contribution in [0.2, 0.25) is 0 Å². The van der Waals surface area contributed by atoms with Gasteiger partial charge in [-0.05, 0) is 66.6 Å². The summed E-state index contributed by atoms with van der Waals surface area (Å²) in [6.45, 7) is 1.91. The Morgan fingerprint density at radius 3 is 2.62 bits per heavy atom. The zero-order valence-corrected chi connectivity index (χ0v) is 19.5. The smallest absolute Gasteiger partial charge is 0.322 e. The van der Waals surface area contributed by atoms with Gasteiger partial charge in [0.2, 0.25) is 0 Å². The van der Waals surface area contributed by atoms with Crippen molar-refractivity contribution < 1.29 is 18.0 Å². The fourth-order valence-corrected chi connectivity index (χ4v) is 3.85. The van der Waals surface area contributed by atoms with Crippen molar-refractivity contribution in [2.75, 3.05) is 5.32 Å². The Bertz CT molecular complexity index is 1340. The number of amides is 1. The maximum atomic E-state index is 13.1. The summed E-state index contributed by atoms with van der Waals surface area (Å²) >= 11 is 3.06. The number of alkyl halides is 3. The van der Waals surface area contributed by atoms with Gasteiger partial charge >= 0.3 is 6.18 Å². The lowest BCUT2D eigenvalue weighted by molar-refractivity contribution is -0.137. The van der Waals surface area contributed by atoms with Gasteiger partial charge in [0.05, 0.1) is 11.3 Å². The summed E-state index contributed by atoms with van der Waals surface area (Å²) in [5.41, 5.74) is 2.88. The van der Waals surface area contributed by atoms with Gasteiger partial charge in [0, 0.05) is 46.3 Å². The van der Waals surface area contributed by atoms with Gasteiger partial charge in [0.15, 0.2) is 0 Å². The molecule has 4 aromatic rings. The first-order valence-electron chi connectivity index (χ1n) is 10.2. The Morgan fingerprint density at radius 2 is 1.88 bits per heavy atom. The molecule has 2 heterocycles. The predicted molar refractivity (Wildman–Crippen MR) is 126 cm³/mol. The van der Waals surface area contributed by atoms with Gasteiger partial charge in [-0.15, -0.1) is 0 Å². The first-order chi connectivity index (χ1) is 16.2. The number of hydrogen-bond acceptors (Lipinski definition) is 4. The minimum Gasteiger partial charge on any atom is -0.322 e. The van der Waals surface area contributed by atoms with Gasteiger partial charge in [0.1, 0.15) is 5.82 Å². The number of nitrogens with zero attached hydrogens (tertiary/aromatic N) is 3. The van der Waals surface area contributed by atoms with Crippen molar-refractivity contribution in [1.82, 2.24) is 15.0 Å². The van der Waals surface area contributed by atoms with Gasteiger partial charge in [-0.2, -0.15) is 13.2 Å². The Balaban J connectivity index is 1.56. The number of carbonyl (C=O) groups excluding carboxylic acids is 1. The van der Waals surface area contributed by atoms with Crippen LogP contribution in [0.25, 0.3) is 11.3 Å². The molecule has 0 unspecified atom stereocenters. The van der Waals surface area contributed by atoms with Crippen molar-refractivity contribution in [2.24, 2.45) is 0 Å². The van der Waals surface area contributed by atoms with E-state index in [1.54, 1.807) is 42.9 Å². The van der Waals surface area contributed by atoms with E-state index in [4.69, 9.17) is 0 Å². The molecule has 0 aliphatic carbocycles. The van der Waals surface area contributed by atoms with Gasteiger partial charge < -0.3 is 5.32 Å². The highest BCUT2D eigenvalue weighted by atomic mass is 79.9. The number of carbonyl (C=O) groups is 1. The first-order valence-corrected chi connectivity index (χ1v) is 11.0. The van der Waals surface area contributed by atoms with Crippen LogP contribution in [0.4, 0.5) is 18.9 Å². The van der Waals surface area contributed by atoms with Crippen LogP contribution in [0.1, 0.15) is 32.9 Å². The molecule has 0 aliphatic heterocycles. The van der Waals surface area contributed by atoms with Crippen LogP contribution >= 0.6 is 15.9 Å². The maximum Gasteiger partial charge on any atom is 0.416 e. The standard InChI is InChI=1S/C25H18BrF3N4O/c1-15-4-5-16(24(34)32-21-12-19(25(27,28)29)11-20(26)13-21)9-18(15)10-23-31-8-6-22(33-23)17-3-2-7-30-14-17/h2-9,11-14H,10H2,1H3,(H,32,34). The number of rotatable bonds is 5. The molecule has 2 aromatic carbocycles. The number of halogens is 4. The van der Waals surface area contributed by atoms with Gasteiger partial charge in [-0.1, -0.05) is 22.0 Å². The van der Waals surface area contributed by atoms with Crippen molar-refractivity contribution >= 4 is 27.5 Å². The third-order valence-electron chi connectivity index (χ3n) is 5.11. The summed E-state index contributed by atoms with van der Waals surface area (Å²) in [5.74, 6) is 0.0568. The number of hydrogen-bond donors (Lipinski definition) is 1. The molecule has 0 saturated carbocycles. The normalized spacial score (nSPS) is 11.3. The van der Waals surface area contributed by atoms with E-state index >= 15 is 0 Å². The zero-order valence-electron chi connectivity index (χ0n) is 17.9. The molecule has 0 radical (unpaired) electrons. The van der Waals surface area contributed by atoms with Crippen LogP contribution in [-0.4, -0.2) is 20.9 Å². The number of pyridine rings is 1. The van der Waals surface area contributed by atoms with Crippen LogP contribution < -0.4 is 5.32 Å². The SMILES string of the molecule is Cc1ccc(C(=O)Nc2cc(Br)cc(C(F)(F)F)c2)cc1Cc1nccc(-c2cccnc2)n1. The van der Waals surface area contributed by atoms with Crippen LogP contribution in [0.3, 0.4) is 0 Å². The lowest BCUT2D eigenvalue weighted by atomic mass is 10.0. The molecule has 0 atom stereocenters. The Kier molecular flexibility index (Phi) is 6.74. The van der Waals surface area contributed by atoms with Crippen molar-refractivity contribution in [3.8, 4) is 11.3 Å². The zero-order chi connectivity index (χ0) is 24.3. The second kappa shape index (κ2) is 9.72. The van der Waals surface area contributed by atoms with Crippen LogP contribution in [0.15, 0.2) is 77.7 Å². The number of anilines is 1. The highest BCUT2D eigenvalue weighted by Gasteiger charge is 2.31. The number of nitrogens with one attached hydrogen (secondary N) is 1. The van der Waals surface area contributed by atoms with Crippen molar-refractivity contribution in [1.29, 1.82) is 0 Å². The topological polar surface area (TPSA) is 67.8 Å². The summed E-state index contributed by atoms with van der Waals surface area (Å²) in [6.07, 6.45) is 0.931. The highest BCUT2D eigenvalue weighted by molar-refractivity contribution is 9.10. The van der Waals surface area contributed by atoms with Crippen molar-refractivity contribution in [2.45, 2.75) is 19.5 Å². The average Bonchev–Trinajstić information content (AvgIpc) is 2.80. The van der Waals surface area contributed by atoms with E-state index in [1.807, 2.05) is 19.1 Å². The molecule has 1 N–H and O–H groups in total. The molecule has 0 aliphatic rings. The molecule has 0 bridgehead atoms. The molecule has 2 aromatic heterocycles. The summed E-state index contributed by atoms with van der Waals surface area (Å²) < 4.78 is 39.5. The highest BCUT2D eigenvalue weighted by Crippen LogP contribution is 2.33. The number of benzene rings is 2. The molecule has 5 nitrogen and oxygen atoms in total. The molecule has 0 saturated heterocycles. The molecule has 0 spiro atoms. The number of aryl methyl sites for hydroxylation is 1. The van der Waals surface area contributed by atoms with E-state index in [1.165, 1.54) is 6.07 Å². The molecule has 172 valence electrons. The molecule has 1 amide bonds. The summed E-state index contributed by atoms with van der Waals surface area (Å²) in [6, 6.07) is 13.9. The Morgan fingerprint density at radius 1 is 1.06 bits per heavy atom. The second-order valence-corrected chi connectivity index (χ2v) is 8.51. The largest absolute Gasteiger partial charge is 0.416 e. The van der Waals surface area contributed by atoms with E-state index in [9.17, 15) is 18.0 Å². The van der Waals surface area contributed by atoms with Gasteiger partial charge in [-0.25, -0.2) is 9.97 Å². The fourth-order valence-electron chi connectivity index (χ4n) is 3.36. The molecule has 9 heteroatoms. The Hall–Kier alpha value is -3.59. The number of aromatic nitrogens is 3. The minimum atomic E-state index is -4.52. The molecular weight excluding hydrogens is 509 g/mol. The van der Waals surface area contributed by atoms with E-state index in [0.29, 0.717) is 17.8 Å². The average molecular weight is 527 g/mol. The summed E-state index contributed by atoms with van der Waals surface area (Å²) in [4.78, 5) is 25.8.